The predicted octanol–water partition coefficient (Wildman–Crippen LogP) is 7.44. The average Bonchev–Trinajstić information content (AvgIpc) is 2.88. The fourth-order valence-corrected chi connectivity index (χ4v) is 4.83. The Balaban J connectivity index is 2.26. The smallest absolute Gasteiger partial charge is 0.329 e. The molecule has 0 heterocycles. The maximum absolute atomic E-state index is 11.5. The number of hydrogen-bond acceptors (Lipinski definition) is 7. The van der Waals surface area contributed by atoms with E-state index >= 15 is 0 Å². The van der Waals surface area contributed by atoms with Crippen LogP contribution in [0.25, 0.3) is 0 Å². The van der Waals surface area contributed by atoms with Gasteiger partial charge in [-0.2, -0.15) is 0 Å². The van der Waals surface area contributed by atoms with Crippen molar-refractivity contribution in [2.24, 2.45) is 0 Å². The van der Waals surface area contributed by atoms with Gasteiger partial charge in [-0.1, -0.05) is 83.3 Å². The number of nitrogens with zero attached hydrogens (tertiary/aromatic N) is 1. The minimum Gasteiger partial charge on any atom is -0.490 e. The second-order valence-electron chi connectivity index (χ2n) is 10.4. The Morgan fingerprint density at radius 1 is 0.895 bits per heavy atom. The van der Waals surface area contributed by atoms with Crippen molar-refractivity contribution in [2.75, 3.05) is 40.5 Å². The Kier molecular flexibility index (Phi) is 21.6. The number of esters is 1. The molecule has 7 nitrogen and oxygen atoms in total. The lowest BCUT2D eigenvalue weighted by molar-refractivity contribution is -0.149. The molecule has 0 aliphatic heterocycles. The number of hydrogen-bond donors (Lipinski definition) is 1. The zero-order valence-corrected chi connectivity index (χ0v) is 25.4. The number of aryl methyl sites for hydroxylation is 1. The normalized spacial score (nSPS) is 13.0. The van der Waals surface area contributed by atoms with Crippen LogP contribution in [0.15, 0.2) is 24.3 Å². The molecule has 0 bridgehead atoms. The largest absolute Gasteiger partial charge is 0.490 e. The third-order valence-corrected chi connectivity index (χ3v) is 7.08. The van der Waals surface area contributed by atoms with Crippen LogP contribution >= 0.6 is 8.60 Å². The summed E-state index contributed by atoms with van der Waals surface area (Å²) >= 11 is 0. The van der Waals surface area contributed by atoms with Crippen molar-refractivity contribution in [3.05, 3.63) is 29.8 Å². The Morgan fingerprint density at radius 3 is 2.18 bits per heavy atom. The molecule has 1 rings (SSSR count). The molecule has 0 aliphatic rings. The summed E-state index contributed by atoms with van der Waals surface area (Å²) in [5, 5.41) is 0. The van der Waals surface area contributed by atoms with E-state index in [0.29, 0.717) is 6.61 Å². The van der Waals surface area contributed by atoms with E-state index in [1.807, 2.05) is 26.2 Å². The highest BCUT2D eigenvalue weighted by molar-refractivity contribution is 7.40. The number of unbranched alkanes of at least 4 members (excludes halogenated alkanes) is 11. The van der Waals surface area contributed by atoms with Crippen LogP contribution in [0.3, 0.4) is 0 Å². The second-order valence-corrected chi connectivity index (χ2v) is 11.3. The number of carbonyl (C=O) groups is 1. The van der Waals surface area contributed by atoms with Crippen molar-refractivity contribution in [2.45, 2.75) is 110 Å². The predicted molar refractivity (Wildman–Crippen MR) is 156 cm³/mol. The monoisotopic (exact) mass is 555 g/mol. The highest BCUT2D eigenvalue weighted by atomic mass is 31.2. The molecular weight excluding hydrogens is 501 g/mol. The quantitative estimate of drug-likeness (QED) is 0.0763. The summed E-state index contributed by atoms with van der Waals surface area (Å²) in [7, 11) is 2.03. The average molecular weight is 556 g/mol. The van der Waals surface area contributed by atoms with Gasteiger partial charge in [0.25, 0.3) is 0 Å². The fourth-order valence-electron chi connectivity index (χ4n) is 4.18. The van der Waals surface area contributed by atoms with Crippen molar-refractivity contribution in [3.8, 4) is 5.75 Å². The van der Waals surface area contributed by atoms with Crippen LogP contribution in [0.4, 0.5) is 0 Å². The van der Waals surface area contributed by atoms with Crippen molar-refractivity contribution in [1.82, 2.24) is 4.90 Å². The van der Waals surface area contributed by atoms with Crippen LogP contribution in [0, 0.1) is 0 Å². The van der Waals surface area contributed by atoms with E-state index in [1.165, 1.54) is 83.1 Å². The maximum atomic E-state index is 11.5. The molecule has 38 heavy (non-hydrogen) atoms. The first-order valence-electron chi connectivity index (χ1n) is 14.7. The molecule has 2 unspecified atom stereocenters. The molecule has 8 heteroatoms. The van der Waals surface area contributed by atoms with Crippen LogP contribution in [-0.4, -0.2) is 62.3 Å². The third kappa shape index (κ3) is 20.7. The summed E-state index contributed by atoms with van der Waals surface area (Å²) in [6, 6.07) is 8.09. The van der Waals surface area contributed by atoms with Crippen molar-refractivity contribution < 1.29 is 28.2 Å². The summed E-state index contributed by atoms with van der Waals surface area (Å²) in [6.45, 7) is 5.17. The van der Waals surface area contributed by atoms with E-state index in [0.717, 1.165) is 31.6 Å². The molecule has 0 amide bonds. The van der Waals surface area contributed by atoms with Gasteiger partial charge in [-0.15, -0.1) is 0 Å². The summed E-state index contributed by atoms with van der Waals surface area (Å²) in [4.78, 5) is 23.6. The molecule has 0 aromatic heterocycles. The standard InChI is InChI=1S/C30H54NO6P/c1-5-6-7-8-9-10-11-12-13-14-15-19-28-20-18-21-29(24-28)34-25-30(37-27(2)32)26-36-38(33)35-23-17-16-22-31(3)4/h18,20-21,24,30,33H,5-17,19,22-23,25-26H2,1-4H3. The molecule has 0 saturated carbocycles. The molecule has 1 aromatic rings. The van der Waals surface area contributed by atoms with Crippen molar-refractivity contribution >= 4 is 14.6 Å². The van der Waals surface area contributed by atoms with Gasteiger partial charge in [0, 0.05) is 6.92 Å². The first-order valence-corrected chi connectivity index (χ1v) is 15.8. The van der Waals surface area contributed by atoms with Gasteiger partial charge in [0.15, 0.2) is 6.10 Å². The molecular formula is C30H54NO6P. The first kappa shape index (κ1) is 34.8. The topological polar surface area (TPSA) is 77.5 Å². The minimum absolute atomic E-state index is 0.0118. The highest BCUT2D eigenvalue weighted by Gasteiger charge is 2.17. The van der Waals surface area contributed by atoms with Gasteiger partial charge in [0.2, 0.25) is 0 Å². The first-order chi connectivity index (χ1) is 18.4. The summed E-state index contributed by atoms with van der Waals surface area (Å²) in [5.74, 6) is 0.324. The van der Waals surface area contributed by atoms with Gasteiger partial charge in [-0.05, 0) is 64.0 Å². The Labute approximate surface area is 233 Å². The molecule has 0 fully saturated rings. The number of ether oxygens (including phenoxy) is 2. The molecule has 0 radical (unpaired) electrons. The lowest BCUT2D eigenvalue weighted by Crippen LogP contribution is -2.28. The third-order valence-electron chi connectivity index (χ3n) is 6.31. The number of carbonyl (C=O) groups excluding carboxylic acids is 1. The van der Waals surface area contributed by atoms with Gasteiger partial charge in [-0.25, -0.2) is 0 Å². The molecule has 0 saturated heterocycles. The van der Waals surface area contributed by atoms with Crippen LogP contribution in [0.5, 0.6) is 5.75 Å². The lowest BCUT2D eigenvalue weighted by Gasteiger charge is -2.19. The van der Waals surface area contributed by atoms with Gasteiger partial charge in [0.05, 0.1) is 13.2 Å². The molecule has 1 N–H and O–H groups in total. The van der Waals surface area contributed by atoms with Gasteiger partial charge < -0.3 is 28.3 Å². The van der Waals surface area contributed by atoms with Crippen LogP contribution in [-0.2, 0) is 25.0 Å². The zero-order valence-electron chi connectivity index (χ0n) is 24.5. The fraction of sp³-hybridized carbons (Fsp3) is 0.767. The molecule has 0 aliphatic carbocycles. The van der Waals surface area contributed by atoms with Gasteiger partial charge in [0.1, 0.15) is 12.4 Å². The van der Waals surface area contributed by atoms with Crippen LogP contribution in [0.2, 0.25) is 0 Å². The van der Waals surface area contributed by atoms with E-state index < -0.39 is 20.7 Å². The molecule has 220 valence electrons. The van der Waals surface area contributed by atoms with Crippen LogP contribution < -0.4 is 4.74 Å². The maximum Gasteiger partial charge on any atom is 0.329 e. The second kappa shape index (κ2) is 23.6. The Hall–Kier alpha value is -1.24. The summed E-state index contributed by atoms with van der Waals surface area (Å²) in [5.41, 5.74) is 1.25. The van der Waals surface area contributed by atoms with Gasteiger partial charge in [-0.3, -0.25) is 4.79 Å². The SMILES string of the molecule is CCCCCCCCCCCCCc1cccc(OCC(COP(O)OCCCCN(C)C)OC(C)=O)c1. The van der Waals surface area contributed by atoms with E-state index in [1.54, 1.807) is 0 Å². The van der Waals surface area contributed by atoms with Crippen molar-refractivity contribution in [3.63, 3.8) is 0 Å². The minimum atomic E-state index is -2.02. The van der Waals surface area contributed by atoms with E-state index in [9.17, 15) is 9.69 Å². The molecule has 0 spiro atoms. The Morgan fingerprint density at radius 2 is 1.55 bits per heavy atom. The molecule has 2 atom stereocenters. The van der Waals surface area contributed by atoms with Crippen molar-refractivity contribution in [1.29, 1.82) is 0 Å². The summed E-state index contributed by atoms with van der Waals surface area (Å²) in [6.07, 6.45) is 17.0. The summed E-state index contributed by atoms with van der Waals surface area (Å²) < 4.78 is 22.0. The van der Waals surface area contributed by atoms with Gasteiger partial charge >= 0.3 is 14.6 Å². The lowest BCUT2D eigenvalue weighted by atomic mass is 10.0. The zero-order chi connectivity index (χ0) is 27.8. The number of benzene rings is 1. The highest BCUT2D eigenvalue weighted by Crippen LogP contribution is 2.33. The number of rotatable bonds is 25. The Bertz CT molecular complexity index is 705. The van der Waals surface area contributed by atoms with Crippen LogP contribution in [0.1, 0.15) is 103 Å². The van der Waals surface area contributed by atoms with E-state index in [2.05, 4.69) is 24.0 Å². The van der Waals surface area contributed by atoms with E-state index in [4.69, 9.17) is 18.5 Å². The van der Waals surface area contributed by atoms with E-state index in [-0.39, 0.29) is 13.2 Å². The molecule has 1 aromatic carbocycles.